The van der Waals surface area contributed by atoms with Gasteiger partial charge >= 0.3 is 0 Å². The predicted octanol–water partition coefficient (Wildman–Crippen LogP) is 4.83. The molecule has 0 saturated carbocycles. The van der Waals surface area contributed by atoms with Crippen molar-refractivity contribution in [2.45, 2.75) is 25.7 Å². The van der Waals surface area contributed by atoms with Gasteiger partial charge in [0.05, 0.1) is 0 Å². The van der Waals surface area contributed by atoms with Crippen molar-refractivity contribution in [3.63, 3.8) is 0 Å². The fourth-order valence-corrected chi connectivity index (χ4v) is 3.51. The molecule has 0 unspecified atom stereocenters. The topological polar surface area (TPSA) is 0 Å². The molecule has 1 aliphatic rings. The summed E-state index contributed by atoms with van der Waals surface area (Å²) in [4.78, 5) is 0. The first kappa shape index (κ1) is 10.1. The maximum atomic E-state index is 2.36. The van der Waals surface area contributed by atoms with Crippen LogP contribution < -0.4 is 0 Å². The quantitative estimate of drug-likeness (QED) is 0.487. The van der Waals surface area contributed by atoms with Gasteiger partial charge in [-0.1, -0.05) is 56.3 Å². The lowest BCUT2D eigenvalue weighted by Crippen LogP contribution is -2.14. The van der Waals surface area contributed by atoms with Crippen LogP contribution >= 0.6 is 0 Å². The maximum absolute atomic E-state index is 2.36. The van der Waals surface area contributed by atoms with E-state index in [1.807, 2.05) is 0 Å². The van der Waals surface area contributed by atoms with Crippen molar-refractivity contribution in [3.8, 4) is 0 Å². The van der Waals surface area contributed by atoms with E-state index in [-0.39, 0.29) is 5.41 Å². The minimum absolute atomic E-state index is 0.270. The molecule has 0 nitrogen and oxygen atoms in total. The van der Waals surface area contributed by atoms with Crippen molar-refractivity contribution >= 4 is 21.5 Å². The first-order chi connectivity index (χ1) is 8.67. The van der Waals surface area contributed by atoms with Gasteiger partial charge in [-0.25, -0.2) is 0 Å². The van der Waals surface area contributed by atoms with Gasteiger partial charge in [-0.15, -0.1) is 0 Å². The molecule has 4 rings (SSSR count). The SMILES string of the molecule is CC1(C)Cc2c3ccccc3cc3cccc1c23. The van der Waals surface area contributed by atoms with E-state index in [2.05, 4.69) is 62.4 Å². The van der Waals surface area contributed by atoms with E-state index >= 15 is 0 Å². The van der Waals surface area contributed by atoms with Crippen molar-refractivity contribution in [1.29, 1.82) is 0 Å². The summed E-state index contributed by atoms with van der Waals surface area (Å²) in [7, 11) is 0. The molecule has 0 heteroatoms. The molecule has 0 aromatic heterocycles. The van der Waals surface area contributed by atoms with E-state index in [4.69, 9.17) is 0 Å². The zero-order valence-corrected chi connectivity index (χ0v) is 10.8. The molecule has 3 aromatic rings. The Morgan fingerprint density at radius 1 is 0.889 bits per heavy atom. The third kappa shape index (κ3) is 1.16. The first-order valence-corrected chi connectivity index (χ1v) is 6.61. The zero-order chi connectivity index (χ0) is 12.3. The van der Waals surface area contributed by atoms with Gasteiger partial charge in [-0.3, -0.25) is 0 Å². The van der Waals surface area contributed by atoms with Crippen LogP contribution in [0.15, 0.2) is 48.5 Å². The van der Waals surface area contributed by atoms with Gasteiger partial charge in [0, 0.05) is 0 Å². The van der Waals surface area contributed by atoms with E-state index in [0.717, 1.165) is 6.42 Å². The first-order valence-electron chi connectivity index (χ1n) is 6.61. The Morgan fingerprint density at radius 2 is 1.67 bits per heavy atom. The minimum Gasteiger partial charge on any atom is -0.0616 e. The fourth-order valence-electron chi connectivity index (χ4n) is 3.51. The van der Waals surface area contributed by atoms with Gasteiger partial charge in [0.15, 0.2) is 0 Å². The summed E-state index contributed by atoms with van der Waals surface area (Å²) >= 11 is 0. The van der Waals surface area contributed by atoms with Gasteiger partial charge in [0.25, 0.3) is 0 Å². The van der Waals surface area contributed by atoms with E-state index in [0.29, 0.717) is 0 Å². The van der Waals surface area contributed by atoms with Crippen LogP contribution in [-0.2, 0) is 11.8 Å². The smallest absolute Gasteiger partial charge is 0.00565 e. The zero-order valence-electron chi connectivity index (χ0n) is 10.8. The Hall–Kier alpha value is -1.82. The van der Waals surface area contributed by atoms with Crippen LogP contribution in [0.25, 0.3) is 21.5 Å². The van der Waals surface area contributed by atoms with Crippen molar-refractivity contribution in [3.05, 3.63) is 59.7 Å². The standard InChI is InChI=1S/C18H16/c1-18(2)11-15-14-8-4-3-6-12(14)10-13-7-5-9-16(18)17(13)15/h3-10H,11H2,1-2H3. The second kappa shape index (κ2) is 3.14. The molecule has 0 aliphatic heterocycles. The summed E-state index contributed by atoms with van der Waals surface area (Å²) in [5.74, 6) is 0. The Kier molecular flexibility index (Phi) is 1.77. The Balaban J connectivity index is 2.28. The minimum atomic E-state index is 0.270. The summed E-state index contributed by atoms with van der Waals surface area (Å²) in [6.45, 7) is 4.72. The number of rotatable bonds is 0. The van der Waals surface area contributed by atoms with Crippen LogP contribution in [0.2, 0.25) is 0 Å². The molecule has 3 aromatic carbocycles. The highest BCUT2D eigenvalue weighted by atomic mass is 14.3. The molecule has 0 saturated heterocycles. The lowest BCUT2D eigenvalue weighted by molar-refractivity contribution is 0.548. The van der Waals surface area contributed by atoms with Crippen molar-refractivity contribution < 1.29 is 0 Å². The Bertz CT molecular complexity index is 778. The highest BCUT2D eigenvalue weighted by Crippen LogP contribution is 2.45. The molecule has 88 valence electrons. The normalized spacial score (nSPS) is 16.6. The Labute approximate surface area is 107 Å². The fraction of sp³-hybridized carbons (Fsp3) is 0.222. The summed E-state index contributed by atoms with van der Waals surface area (Å²) < 4.78 is 0. The van der Waals surface area contributed by atoms with E-state index in [1.54, 1.807) is 5.56 Å². The maximum Gasteiger partial charge on any atom is -0.00565 e. The van der Waals surface area contributed by atoms with E-state index < -0.39 is 0 Å². The summed E-state index contributed by atoms with van der Waals surface area (Å²) in [6.07, 6.45) is 1.16. The highest BCUT2D eigenvalue weighted by Gasteiger charge is 2.31. The van der Waals surface area contributed by atoms with Gasteiger partial charge in [-0.2, -0.15) is 0 Å². The van der Waals surface area contributed by atoms with E-state index in [9.17, 15) is 0 Å². The molecule has 1 aliphatic carbocycles. The molecular formula is C18H16. The molecule has 0 bridgehead atoms. The van der Waals surface area contributed by atoms with Gasteiger partial charge in [0.2, 0.25) is 0 Å². The van der Waals surface area contributed by atoms with Crippen LogP contribution in [0.1, 0.15) is 25.0 Å². The van der Waals surface area contributed by atoms with Crippen molar-refractivity contribution in [2.24, 2.45) is 0 Å². The lowest BCUT2D eigenvalue weighted by Gasteiger charge is -2.18. The Morgan fingerprint density at radius 3 is 2.56 bits per heavy atom. The highest BCUT2D eigenvalue weighted by molar-refractivity contribution is 6.05. The van der Waals surface area contributed by atoms with E-state index in [1.165, 1.54) is 27.1 Å². The molecule has 0 fully saturated rings. The summed E-state index contributed by atoms with van der Waals surface area (Å²) in [6, 6.07) is 17.8. The average molecular weight is 232 g/mol. The summed E-state index contributed by atoms with van der Waals surface area (Å²) in [5.41, 5.74) is 3.33. The second-order valence-electron chi connectivity index (χ2n) is 6.04. The molecular weight excluding hydrogens is 216 g/mol. The van der Waals surface area contributed by atoms with Crippen LogP contribution in [0.4, 0.5) is 0 Å². The predicted molar refractivity (Wildman–Crippen MR) is 78.2 cm³/mol. The number of hydrogen-bond donors (Lipinski definition) is 0. The van der Waals surface area contributed by atoms with Crippen LogP contribution in [0.3, 0.4) is 0 Å². The molecule has 0 radical (unpaired) electrons. The van der Waals surface area contributed by atoms with Gasteiger partial charge < -0.3 is 0 Å². The largest absolute Gasteiger partial charge is 0.0616 e. The summed E-state index contributed by atoms with van der Waals surface area (Å²) in [5, 5.41) is 5.70. The van der Waals surface area contributed by atoms with Crippen LogP contribution in [-0.4, -0.2) is 0 Å². The molecule has 0 spiro atoms. The third-order valence-corrected chi connectivity index (χ3v) is 4.34. The molecule has 0 N–H and O–H groups in total. The third-order valence-electron chi connectivity index (χ3n) is 4.34. The number of hydrogen-bond acceptors (Lipinski definition) is 0. The van der Waals surface area contributed by atoms with Gasteiger partial charge in [0.1, 0.15) is 0 Å². The van der Waals surface area contributed by atoms with Crippen LogP contribution in [0, 0.1) is 0 Å². The van der Waals surface area contributed by atoms with Gasteiger partial charge in [-0.05, 0) is 50.6 Å². The van der Waals surface area contributed by atoms with Crippen molar-refractivity contribution in [1.82, 2.24) is 0 Å². The second-order valence-corrected chi connectivity index (χ2v) is 6.04. The monoisotopic (exact) mass is 232 g/mol. The van der Waals surface area contributed by atoms with Crippen molar-refractivity contribution in [2.75, 3.05) is 0 Å². The lowest BCUT2D eigenvalue weighted by atomic mass is 9.85. The molecule has 0 heterocycles. The number of fused-ring (bicyclic) bond motifs is 2. The molecule has 18 heavy (non-hydrogen) atoms. The average Bonchev–Trinajstić information content (AvgIpc) is 2.64. The molecule has 0 atom stereocenters. The molecule has 0 amide bonds. The van der Waals surface area contributed by atoms with Crippen LogP contribution in [0.5, 0.6) is 0 Å². The number of benzene rings is 3.